The van der Waals surface area contributed by atoms with E-state index >= 15 is 0 Å². The van der Waals surface area contributed by atoms with Gasteiger partial charge >= 0.3 is 0 Å². The van der Waals surface area contributed by atoms with Crippen LogP contribution >= 0.6 is 0 Å². The van der Waals surface area contributed by atoms with Gasteiger partial charge in [-0.3, -0.25) is 0 Å². The first-order valence-electron chi connectivity index (χ1n) is 11.8. The van der Waals surface area contributed by atoms with Crippen LogP contribution in [-0.4, -0.2) is 0 Å². The summed E-state index contributed by atoms with van der Waals surface area (Å²) in [6.45, 7) is 0. The molecular formula is C24H40. The van der Waals surface area contributed by atoms with Gasteiger partial charge in [0.15, 0.2) is 0 Å². The van der Waals surface area contributed by atoms with Gasteiger partial charge in [0.1, 0.15) is 0 Å². The Morgan fingerprint density at radius 3 is 0.833 bits per heavy atom. The molecule has 8 aliphatic carbocycles. The van der Waals surface area contributed by atoms with Crippen molar-refractivity contribution in [2.45, 2.75) is 103 Å². The normalized spacial score (nSPS) is 52.0. The summed E-state index contributed by atoms with van der Waals surface area (Å²) in [6.07, 6.45) is 25.6. The van der Waals surface area contributed by atoms with Gasteiger partial charge in [0.05, 0.1) is 0 Å². The second kappa shape index (κ2) is 6.96. The fourth-order valence-corrected chi connectivity index (χ4v) is 8.17. The maximum Gasteiger partial charge on any atom is -0.0383 e. The van der Waals surface area contributed by atoms with E-state index in [4.69, 9.17) is 0 Å². The van der Waals surface area contributed by atoms with E-state index in [1.807, 2.05) is 0 Å². The molecule has 8 aliphatic rings. The van der Waals surface area contributed by atoms with Gasteiger partial charge in [-0.1, -0.05) is 51.4 Å². The Hall–Kier alpha value is 0. The van der Waals surface area contributed by atoms with Gasteiger partial charge in [-0.15, -0.1) is 0 Å². The van der Waals surface area contributed by atoms with Crippen molar-refractivity contribution < 1.29 is 0 Å². The molecule has 0 radical (unpaired) electrons. The summed E-state index contributed by atoms with van der Waals surface area (Å²) >= 11 is 0. The molecule has 0 N–H and O–H groups in total. The lowest BCUT2D eigenvalue weighted by atomic mass is 9.84. The van der Waals surface area contributed by atoms with Crippen LogP contribution in [0.3, 0.4) is 0 Å². The van der Waals surface area contributed by atoms with E-state index in [2.05, 4.69) is 0 Å². The van der Waals surface area contributed by atoms with Crippen molar-refractivity contribution in [3.05, 3.63) is 0 Å². The van der Waals surface area contributed by atoms with Crippen LogP contribution in [0.4, 0.5) is 0 Å². The molecule has 0 heterocycles. The molecule has 8 saturated carbocycles. The predicted octanol–water partition coefficient (Wildman–Crippen LogP) is 7.23. The fourth-order valence-electron chi connectivity index (χ4n) is 8.17. The minimum atomic E-state index is 1.11. The van der Waals surface area contributed by atoms with Gasteiger partial charge in [0.25, 0.3) is 0 Å². The van der Waals surface area contributed by atoms with Crippen molar-refractivity contribution in [1.82, 2.24) is 0 Å². The molecule has 0 aromatic heterocycles. The Bertz CT molecular complexity index is 350. The molecule has 8 fully saturated rings. The van der Waals surface area contributed by atoms with Crippen LogP contribution in [0.1, 0.15) is 103 Å². The largest absolute Gasteiger partial charge is 0.0502 e. The Morgan fingerprint density at radius 1 is 0.250 bits per heavy atom. The average molecular weight is 329 g/mol. The first-order chi connectivity index (χ1) is 11.8. The standard InChI is InChI=1S/C24H40/c1-2-18-7-11-23-15-20(16-24(23)12-8-18)4-3-19-13-21-9-5-17(1)6-10-22(21)14-19/h17-24H,1-16H2. The van der Waals surface area contributed by atoms with Crippen molar-refractivity contribution in [2.24, 2.45) is 47.3 Å². The van der Waals surface area contributed by atoms with Gasteiger partial charge in [0, 0.05) is 0 Å². The quantitative estimate of drug-likeness (QED) is 0.440. The van der Waals surface area contributed by atoms with Gasteiger partial charge in [-0.25, -0.2) is 0 Å². The highest BCUT2D eigenvalue weighted by molar-refractivity contribution is 4.91. The van der Waals surface area contributed by atoms with E-state index in [1.54, 1.807) is 103 Å². The summed E-state index contributed by atoms with van der Waals surface area (Å²) in [7, 11) is 0. The average Bonchev–Trinajstić information content (AvgIpc) is 3.05. The Labute approximate surface area is 150 Å². The molecule has 0 nitrogen and oxygen atoms in total. The van der Waals surface area contributed by atoms with Crippen molar-refractivity contribution in [3.8, 4) is 0 Å². The zero-order valence-electron chi connectivity index (χ0n) is 15.9. The molecule has 8 bridgehead atoms. The summed E-state index contributed by atoms with van der Waals surface area (Å²) < 4.78 is 0. The zero-order chi connectivity index (χ0) is 15.9. The summed E-state index contributed by atoms with van der Waals surface area (Å²) in [5, 5.41) is 0. The Balaban J connectivity index is 1.31. The molecular weight excluding hydrogens is 288 g/mol. The molecule has 24 heavy (non-hydrogen) atoms. The topological polar surface area (TPSA) is 0 Å². The van der Waals surface area contributed by atoms with Crippen molar-refractivity contribution in [1.29, 1.82) is 0 Å². The first-order valence-corrected chi connectivity index (χ1v) is 11.8. The Morgan fingerprint density at radius 2 is 0.500 bits per heavy atom. The molecule has 0 saturated heterocycles. The third-order valence-corrected chi connectivity index (χ3v) is 9.63. The van der Waals surface area contributed by atoms with Gasteiger partial charge in [-0.05, 0) is 98.7 Å². The maximum absolute atomic E-state index is 1.62. The molecule has 0 aromatic carbocycles. The van der Waals surface area contributed by atoms with Crippen molar-refractivity contribution in [3.63, 3.8) is 0 Å². The molecule has 4 unspecified atom stereocenters. The first kappa shape index (κ1) is 16.2. The summed E-state index contributed by atoms with van der Waals surface area (Å²) in [5.41, 5.74) is 0. The summed E-state index contributed by atoms with van der Waals surface area (Å²) in [5.74, 6) is 9.02. The second-order valence-electron chi connectivity index (χ2n) is 10.9. The third kappa shape index (κ3) is 3.33. The number of rotatable bonds is 0. The van der Waals surface area contributed by atoms with Crippen molar-refractivity contribution in [2.75, 3.05) is 0 Å². The fraction of sp³-hybridized carbons (Fsp3) is 1.00. The van der Waals surface area contributed by atoms with Crippen LogP contribution < -0.4 is 0 Å². The molecule has 0 spiro atoms. The smallest absolute Gasteiger partial charge is 0.0383 e. The molecule has 136 valence electrons. The summed E-state index contributed by atoms with van der Waals surface area (Å²) in [6, 6.07) is 0. The lowest BCUT2D eigenvalue weighted by Crippen LogP contribution is -2.08. The number of hydrogen-bond acceptors (Lipinski definition) is 0. The van der Waals surface area contributed by atoms with Gasteiger partial charge in [0.2, 0.25) is 0 Å². The highest BCUT2D eigenvalue weighted by atomic mass is 14.4. The lowest BCUT2D eigenvalue weighted by molar-refractivity contribution is 0.309. The van der Waals surface area contributed by atoms with Crippen LogP contribution in [0.5, 0.6) is 0 Å². The van der Waals surface area contributed by atoms with E-state index in [0.717, 1.165) is 47.3 Å². The van der Waals surface area contributed by atoms with Crippen LogP contribution in [0.2, 0.25) is 0 Å². The third-order valence-electron chi connectivity index (χ3n) is 9.63. The van der Waals surface area contributed by atoms with E-state index in [1.165, 1.54) is 0 Å². The summed E-state index contributed by atoms with van der Waals surface area (Å²) in [4.78, 5) is 0. The predicted molar refractivity (Wildman–Crippen MR) is 102 cm³/mol. The highest BCUT2D eigenvalue weighted by Gasteiger charge is 2.39. The minimum Gasteiger partial charge on any atom is -0.0502 e. The second-order valence-corrected chi connectivity index (χ2v) is 10.9. The van der Waals surface area contributed by atoms with E-state index in [-0.39, 0.29) is 0 Å². The van der Waals surface area contributed by atoms with E-state index in [9.17, 15) is 0 Å². The SMILES string of the molecule is C1CC2CCC3CC(CCC4CC5CCC1CCC5C4)CC3CC2. The van der Waals surface area contributed by atoms with Crippen LogP contribution in [-0.2, 0) is 0 Å². The molecule has 0 aromatic rings. The maximum atomic E-state index is 1.62. The van der Waals surface area contributed by atoms with Gasteiger partial charge in [-0.2, -0.15) is 0 Å². The molecule has 0 amide bonds. The number of hydrogen-bond donors (Lipinski definition) is 0. The van der Waals surface area contributed by atoms with E-state index < -0.39 is 0 Å². The molecule has 0 aliphatic heterocycles. The lowest BCUT2D eigenvalue weighted by Gasteiger charge is -2.21. The van der Waals surface area contributed by atoms with Crippen LogP contribution in [0, 0.1) is 47.3 Å². The Kier molecular flexibility index (Phi) is 4.69. The molecule has 4 atom stereocenters. The molecule has 8 rings (SSSR count). The van der Waals surface area contributed by atoms with Gasteiger partial charge < -0.3 is 0 Å². The van der Waals surface area contributed by atoms with Crippen molar-refractivity contribution >= 4 is 0 Å². The highest BCUT2D eigenvalue weighted by Crippen LogP contribution is 2.51. The van der Waals surface area contributed by atoms with Crippen LogP contribution in [0.15, 0.2) is 0 Å². The van der Waals surface area contributed by atoms with Crippen LogP contribution in [0.25, 0.3) is 0 Å². The minimum absolute atomic E-state index is 1.11. The van der Waals surface area contributed by atoms with E-state index in [0.29, 0.717) is 0 Å². The molecule has 0 heteroatoms. The monoisotopic (exact) mass is 328 g/mol. The zero-order valence-corrected chi connectivity index (χ0v) is 15.9.